The lowest BCUT2D eigenvalue weighted by molar-refractivity contribution is 0.298. The van der Waals surface area contributed by atoms with E-state index >= 15 is 0 Å². The average Bonchev–Trinajstić information content (AvgIpc) is 3.35. The highest BCUT2D eigenvalue weighted by atomic mass is 35.5. The molecule has 2 heterocycles. The van der Waals surface area contributed by atoms with Crippen molar-refractivity contribution in [3.8, 4) is 5.75 Å². The third kappa shape index (κ3) is 5.86. The average molecular weight is 408 g/mol. The minimum Gasteiger partial charge on any atom is -0.495 e. The van der Waals surface area contributed by atoms with Crippen molar-refractivity contribution in [2.24, 2.45) is 0 Å². The van der Waals surface area contributed by atoms with Crippen LogP contribution in [0.15, 0.2) is 41.0 Å². The molecule has 0 radical (unpaired) electrons. The molecule has 0 bridgehead atoms. The van der Waals surface area contributed by atoms with Crippen LogP contribution in [0.1, 0.15) is 25.0 Å². The van der Waals surface area contributed by atoms with Gasteiger partial charge in [-0.25, -0.2) is 0 Å². The van der Waals surface area contributed by atoms with Crippen LogP contribution in [-0.4, -0.2) is 48.2 Å². The number of thiocarbonyl (C=S) groups is 1. The van der Waals surface area contributed by atoms with E-state index in [-0.39, 0.29) is 0 Å². The number of hydrogen-bond acceptors (Lipinski definition) is 4. The van der Waals surface area contributed by atoms with Crippen molar-refractivity contribution >= 4 is 34.6 Å². The van der Waals surface area contributed by atoms with Crippen LogP contribution in [0, 0.1) is 0 Å². The van der Waals surface area contributed by atoms with E-state index in [0.29, 0.717) is 22.4 Å². The number of nitrogens with zero attached hydrogens (tertiary/aromatic N) is 2. The molecule has 0 spiro atoms. The smallest absolute Gasteiger partial charge is 0.173 e. The van der Waals surface area contributed by atoms with E-state index in [1.807, 2.05) is 30.3 Å². The molecule has 0 atom stereocenters. The first kappa shape index (κ1) is 20.0. The third-order valence-corrected chi connectivity index (χ3v) is 5.37. The summed E-state index contributed by atoms with van der Waals surface area (Å²) < 4.78 is 10.7. The quantitative estimate of drug-likeness (QED) is 0.643. The lowest BCUT2D eigenvalue weighted by Gasteiger charge is -2.26. The zero-order chi connectivity index (χ0) is 19.1. The summed E-state index contributed by atoms with van der Waals surface area (Å²) in [7, 11) is 1.60. The SMILES string of the molecule is COc1ccc(NC(=S)N(CCCN2CCCC2)Cc2ccco2)cc1Cl. The van der Waals surface area contributed by atoms with Gasteiger partial charge in [0.2, 0.25) is 0 Å². The zero-order valence-corrected chi connectivity index (χ0v) is 17.2. The van der Waals surface area contributed by atoms with Crippen LogP contribution in [0.5, 0.6) is 5.75 Å². The number of halogens is 1. The van der Waals surface area contributed by atoms with Gasteiger partial charge >= 0.3 is 0 Å². The predicted octanol–water partition coefficient (Wildman–Crippen LogP) is 4.63. The molecule has 2 aromatic rings. The van der Waals surface area contributed by atoms with Crippen LogP contribution >= 0.6 is 23.8 Å². The van der Waals surface area contributed by atoms with Crippen molar-refractivity contribution in [3.63, 3.8) is 0 Å². The number of nitrogens with one attached hydrogen (secondary N) is 1. The predicted molar refractivity (Wildman–Crippen MR) is 114 cm³/mol. The van der Waals surface area contributed by atoms with Gasteiger partial charge in [0.1, 0.15) is 11.5 Å². The molecule has 27 heavy (non-hydrogen) atoms. The van der Waals surface area contributed by atoms with E-state index in [1.54, 1.807) is 13.4 Å². The molecule has 0 amide bonds. The Bertz CT molecular complexity index is 733. The van der Waals surface area contributed by atoms with Gasteiger partial charge in [-0.3, -0.25) is 0 Å². The molecule has 1 saturated heterocycles. The van der Waals surface area contributed by atoms with Crippen LogP contribution in [-0.2, 0) is 6.54 Å². The highest BCUT2D eigenvalue weighted by Crippen LogP contribution is 2.27. The van der Waals surface area contributed by atoms with Gasteiger partial charge in [-0.15, -0.1) is 0 Å². The van der Waals surface area contributed by atoms with Crippen LogP contribution in [0.3, 0.4) is 0 Å². The van der Waals surface area contributed by atoms with Gasteiger partial charge in [0.05, 0.1) is 24.9 Å². The highest BCUT2D eigenvalue weighted by Gasteiger charge is 2.15. The number of rotatable bonds is 8. The maximum Gasteiger partial charge on any atom is 0.173 e. The first-order valence-corrected chi connectivity index (χ1v) is 10.1. The van der Waals surface area contributed by atoms with Gasteiger partial charge in [-0.1, -0.05) is 11.6 Å². The Balaban J connectivity index is 1.61. The molecule has 0 saturated carbocycles. The molecule has 146 valence electrons. The summed E-state index contributed by atoms with van der Waals surface area (Å²) in [4.78, 5) is 4.66. The van der Waals surface area contributed by atoms with Gasteiger partial charge in [0.25, 0.3) is 0 Å². The maximum atomic E-state index is 6.22. The van der Waals surface area contributed by atoms with E-state index in [0.717, 1.165) is 31.0 Å². The van der Waals surface area contributed by atoms with Crippen molar-refractivity contribution < 1.29 is 9.15 Å². The van der Waals surface area contributed by atoms with Gasteiger partial charge in [0, 0.05) is 12.2 Å². The van der Waals surface area contributed by atoms with Crippen LogP contribution in [0.4, 0.5) is 5.69 Å². The van der Waals surface area contributed by atoms with Crippen molar-refractivity contribution in [3.05, 3.63) is 47.4 Å². The molecular weight excluding hydrogens is 382 g/mol. The highest BCUT2D eigenvalue weighted by molar-refractivity contribution is 7.80. The van der Waals surface area contributed by atoms with Crippen molar-refractivity contribution in [1.82, 2.24) is 9.80 Å². The van der Waals surface area contributed by atoms with Crippen molar-refractivity contribution in [1.29, 1.82) is 0 Å². The number of ether oxygens (including phenoxy) is 1. The van der Waals surface area contributed by atoms with E-state index < -0.39 is 0 Å². The van der Waals surface area contributed by atoms with Gasteiger partial charge in [-0.05, 0) is 81.4 Å². The Kier molecular flexibility index (Phi) is 7.38. The summed E-state index contributed by atoms with van der Waals surface area (Å²) in [5.41, 5.74) is 0.842. The number of likely N-dealkylation sites (tertiary alicyclic amines) is 1. The molecule has 5 nitrogen and oxygen atoms in total. The Labute approximate surface area is 171 Å². The third-order valence-electron chi connectivity index (χ3n) is 4.72. The normalized spacial score (nSPS) is 14.3. The van der Waals surface area contributed by atoms with Crippen LogP contribution in [0.2, 0.25) is 5.02 Å². The van der Waals surface area contributed by atoms with Gasteiger partial charge in [0.15, 0.2) is 5.11 Å². The van der Waals surface area contributed by atoms with Crippen molar-refractivity contribution in [2.45, 2.75) is 25.8 Å². The van der Waals surface area contributed by atoms with E-state index in [9.17, 15) is 0 Å². The molecular formula is C20H26ClN3O2S. The summed E-state index contributed by atoms with van der Waals surface area (Å²) in [6, 6.07) is 9.43. The second-order valence-corrected chi connectivity index (χ2v) is 7.48. The zero-order valence-electron chi connectivity index (χ0n) is 15.6. The molecule has 1 fully saturated rings. The fourth-order valence-corrected chi connectivity index (χ4v) is 3.81. The minimum atomic E-state index is 0.553. The van der Waals surface area contributed by atoms with E-state index in [4.69, 9.17) is 33.0 Å². The second kappa shape index (κ2) is 9.97. The van der Waals surface area contributed by atoms with E-state index in [1.165, 1.54) is 25.9 Å². The molecule has 1 aromatic carbocycles. The van der Waals surface area contributed by atoms with Gasteiger partial charge < -0.3 is 24.3 Å². The summed E-state index contributed by atoms with van der Waals surface area (Å²) in [6.07, 6.45) is 5.38. The maximum absolute atomic E-state index is 6.22. The Hall–Kier alpha value is -1.76. The summed E-state index contributed by atoms with van der Waals surface area (Å²) in [6.45, 7) is 5.04. The number of anilines is 1. The van der Waals surface area contributed by atoms with Crippen LogP contribution < -0.4 is 10.1 Å². The molecule has 0 unspecified atom stereocenters. The standard InChI is InChI=1S/C20H26ClN3O2S/c1-25-19-8-7-16(14-18(19)21)22-20(27)24(15-17-6-4-13-26-17)12-5-11-23-9-2-3-10-23/h4,6-8,13-14H,2-3,5,9-12,15H2,1H3,(H,22,27). The molecule has 1 aliphatic rings. The Morgan fingerprint density at radius 2 is 2.15 bits per heavy atom. The second-order valence-electron chi connectivity index (χ2n) is 6.68. The summed E-state index contributed by atoms with van der Waals surface area (Å²) in [5, 5.41) is 4.50. The number of benzene rings is 1. The Morgan fingerprint density at radius 1 is 1.33 bits per heavy atom. The van der Waals surface area contributed by atoms with Crippen LogP contribution in [0.25, 0.3) is 0 Å². The van der Waals surface area contributed by atoms with Gasteiger partial charge in [-0.2, -0.15) is 0 Å². The first-order chi connectivity index (χ1) is 13.2. The van der Waals surface area contributed by atoms with Crippen molar-refractivity contribution in [2.75, 3.05) is 38.6 Å². The fourth-order valence-electron chi connectivity index (χ4n) is 3.28. The number of methoxy groups -OCH3 is 1. The lowest BCUT2D eigenvalue weighted by atomic mass is 10.3. The number of hydrogen-bond donors (Lipinski definition) is 1. The molecule has 1 aliphatic heterocycles. The number of furan rings is 1. The summed E-state index contributed by atoms with van der Waals surface area (Å²) in [5.74, 6) is 1.54. The van der Waals surface area contributed by atoms with E-state index in [2.05, 4.69) is 15.1 Å². The summed E-state index contributed by atoms with van der Waals surface area (Å²) >= 11 is 11.9. The fraction of sp³-hybridized carbons (Fsp3) is 0.450. The molecule has 0 aliphatic carbocycles. The Morgan fingerprint density at radius 3 is 2.81 bits per heavy atom. The minimum absolute atomic E-state index is 0.553. The largest absolute Gasteiger partial charge is 0.495 e. The molecule has 1 N–H and O–H groups in total. The first-order valence-electron chi connectivity index (χ1n) is 9.30. The molecule has 7 heteroatoms. The molecule has 1 aromatic heterocycles. The lowest BCUT2D eigenvalue weighted by Crippen LogP contribution is -2.36. The molecule has 3 rings (SSSR count). The monoisotopic (exact) mass is 407 g/mol. The topological polar surface area (TPSA) is 40.9 Å².